The molecule has 9 nitrogen and oxygen atoms in total. The average Bonchev–Trinajstić information content (AvgIpc) is 3.50. The van der Waals surface area contributed by atoms with E-state index in [2.05, 4.69) is 37.2 Å². The number of aromatic nitrogens is 4. The molecule has 1 atom stereocenters. The van der Waals surface area contributed by atoms with Gasteiger partial charge in [-0.25, -0.2) is 0 Å². The largest absolute Gasteiger partial charge is 0.419 e. The molecule has 4 aromatic rings. The molecule has 1 unspecified atom stereocenters. The van der Waals surface area contributed by atoms with Crippen molar-refractivity contribution in [2.24, 2.45) is 0 Å². The van der Waals surface area contributed by atoms with Gasteiger partial charge in [-0.3, -0.25) is 10.1 Å². The highest BCUT2D eigenvalue weighted by atomic mass is 32.2. The molecular weight excluding hydrogens is 444 g/mol. The van der Waals surface area contributed by atoms with Crippen LogP contribution in [-0.4, -0.2) is 31.9 Å². The molecule has 3 aromatic heterocycles. The summed E-state index contributed by atoms with van der Waals surface area (Å²) < 4.78 is 6.55. The Hall–Kier alpha value is -2.83. The number of nitro benzene ring substituents is 1. The van der Waals surface area contributed by atoms with Crippen molar-refractivity contribution in [3.63, 3.8) is 0 Å². The molecule has 0 bridgehead atoms. The van der Waals surface area contributed by atoms with E-state index in [1.54, 1.807) is 23.5 Å². The van der Waals surface area contributed by atoms with Crippen LogP contribution >= 0.6 is 34.4 Å². The average molecular weight is 461 g/mol. The number of nitrogens with one attached hydrogen (secondary N) is 1. The van der Waals surface area contributed by atoms with E-state index in [1.165, 1.54) is 40.1 Å². The first-order valence-corrected chi connectivity index (χ1v) is 11.5. The van der Waals surface area contributed by atoms with Crippen LogP contribution in [0, 0.1) is 10.1 Å². The van der Waals surface area contributed by atoms with Crippen LogP contribution in [0.4, 0.5) is 10.8 Å². The van der Waals surface area contributed by atoms with Crippen LogP contribution in [0.15, 0.2) is 50.5 Å². The predicted octanol–water partition coefficient (Wildman–Crippen LogP) is 5.07. The lowest BCUT2D eigenvalue weighted by molar-refractivity contribution is -0.384. The fraction of sp³-hybridized carbons (Fsp3) is 0.222. The maximum Gasteiger partial charge on any atom is 0.269 e. The Morgan fingerprint density at radius 1 is 1.20 bits per heavy atom. The fourth-order valence-electron chi connectivity index (χ4n) is 2.52. The van der Waals surface area contributed by atoms with Gasteiger partial charge in [-0.15, -0.1) is 31.7 Å². The van der Waals surface area contributed by atoms with Crippen LogP contribution in [0.2, 0.25) is 0 Å². The summed E-state index contributed by atoms with van der Waals surface area (Å²) >= 11 is 4.71. The zero-order chi connectivity index (χ0) is 20.9. The van der Waals surface area contributed by atoms with E-state index in [4.69, 9.17) is 4.42 Å². The van der Waals surface area contributed by atoms with Crippen molar-refractivity contribution in [2.75, 3.05) is 11.9 Å². The summed E-state index contributed by atoms with van der Waals surface area (Å²) in [5.74, 6) is 0.774. The quantitative estimate of drug-likeness (QED) is 0.207. The maximum atomic E-state index is 10.8. The first-order chi connectivity index (χ1) is 14.6. The molecule has 0 aliphatic heterocycles. The summed E-state index contributed by atoms with van der Waals surface area (Å²) in [6, 6.07) is 10.2. The van der Waals surface area contributed by atoms with Gasteiger partial charge in [0.15, 0.2) is 4.34 Å². The van der Waals surface area contributed by atoms with E-state index in [-0.39, 0.29) is 10.9 Å². The number of anilines is 1. The summed E-state index contributed by atoms with van der Waals surface area (Å²) in [6.07, 6.45) is 0.948. The molecule has 0 saturated heterocycles. The van der Waals surface area contributed by atoms with Crippen LogP contribution in [-0.2, 0) is 6.42 Å². The van der Waals surface area contributed by atoms with Crippen LogP contribution in [0.3, 0.4) is 0 Å². The van der Waals surface area contributed by atoms with Crippen molar-refractivity contribution < 1.29 is 9.34 Å². The molecule has 12 heteroatoms. The highest BCUT2D eigenvalue weighted by Crippen LogP contribution is 2.37. The first-order valence-electron chi connectivity index (χ1n) is 8.93. The number of non-ortho nitro benzene ring substituents is 1. The van der Waals surface area contributed by atoms with E-state index in [0.717, 1.165) is 22.4 Å². The number of benzene rings is 1. The van der Waals surface area contributed by atoms with Gasteiger partial charge in [0, 0.05) is 29.1 Å². The standard InChI is InChI=1S/C18H16N6O3S3/c1-11(15-20-21-16(27-15)12-4-6-13(7-5-12)24(25)26)29-18-23-22-17(30-18)19-9-8-14-3-2-10-28-14/h2-7,10-11H,8-9H2,1H3,(H,19,22). The van der Waals surface area contributed by atoms with E-state index in [0.29, 0.717) is 17.3 Å². The Bertz CT molecular complexity index is 1110. The lowest BCUT2D eigenvalue weighted by Crippen LogP contribution is -2.03. The molecule has 0 spiro atoms. The molecule has 0 amide bonds. The molecule has 30 heavy (non-hydrogen) atoms. The second-order valence-corrected chi connectivity index (χ2v) is 9.74. The molecule has 1 aromatic carbocycles. The maximum absolute atomic E-state index is 10.8. The third-order valence-electron chi connectivity index (χ3n) is 4.03. The van der Waals surface area contributed by atoms with Crippen molar-refractivity contribution >= 4 is 45.3 Å². The lowest BCUT2D eigenvalue weighted by Gasteiger charge is -2.02. The SMILES string of the molecule is CC(Sc1nnc(NCCc2cccs2)s1)c1nnc(-c2ccc([N+](=O)[O-])cc2)o1. The second kappa shape index (κ2) is 9.32. The van der Waals surface area contributed by atoms with E-state index in [1.807, 2.05) is 13.0 Å². The van der Waals surface area contributed by atoms with E-state index < -0.39 is 4.92 Å². The van der Waals surface area contributed by atoms with E-state index >= 15 is 0 Å². The molecular formula is C18H16N6O3S3. The van der Waals surface area contributed by atoms with Crippen molar-refractivity contribution in [3.05, 3.63) is 62.7 Å². The minimum absolute atomic E-state index is 0.0125. The highest BCUT2D eigenvalue weighted by Gasteiger charge is 2.19. The lowest BCUT2D eigenvalue weighted by atomic mass is 10.2. The van der Waals surface area contributed by atoms with Gasteiger partial charge in [0.05, 0.1) is 10.2 Å². The summed E-state index contributed by atoms with van der Waals surface area (Å²) in [5.41, 5.74) is 0.642. The van der Waals surface area contributed by atoms with Crippen LogP contribution in [0.5, 0.6) is 0 Å². The third kappa shape index (κ3) is 5.01. The van der Waals surface area contributed by atoms with Crippen molar-refractivity contribution in [3.8, 4) is 11.5 Å². The molecule has 3 heterocycles. The van der Waals surface area contributed by atoms with Gasteiger partial charge in [0.2, 0.25) is 16.9 Å². The van der Waals surface area contributed by atoms with Crippen LogP contribution in [0.25, 0.3) is 11.5 Å². The Labute approximate surface area is 183 Å². The second-order valence-electron chi connectivity index (χ2n) is 6.14. The number of rotatable bonds is 9. The van der Waals surface area contributed by atoms with Gasteiger partial charge in [-0.1, -0.05) is 29.2 Å². The van der Waals surface area contributed by atoms with Crippen molar-refractivity contribution in [2.45, 2.75) is 22.9 Å². The Balaban J connectivity index is 1.33. The Morgan fingerprint density at radius 2 is 2.03 bits per heavy atom. The molecule has 4 rings (SSSR count). The number of nitrogens with zero attached hydrogens (tertiary/aromatic N) is 5. The Morgan fingerprint density at radius 3 is 2.77 bits per heavy atom. The zero-order valence-electron chi connectivity index (χ0n) is 15.7. The summed E-state index contributed by atoms with van der Waals surface area (Å²) in [4.78, 5) is 11.6. The normalized spacial score (nSPS) is 12.0. The molecule has 0 saturated carbocycles. The molecule has 0 aliphatic rings. The van der Waals surface area contributed by atoms with Crippen LogP contribution in [0.1, 0.15) is 22.9 Å². The van der Waals surface area contributed by atoms with Gasteiger partial charge in [-0.2, -0.15) is 0 Å². The monoisotopic (exact) mass is 460 g/mol. The van der Waals surface area contributed by atoms with Gasteiger partial charge in [-0.05, 0) is 36.9 Å². The molecule has 0 aliphatic carbocycles. The molecule has 1 N–H and O–H groups in total. The number of nitro groups is 1. The molecule has 0 radical (unpaired) electrons. The Kier molecular flexibility index (Phi) is 6.35. The highest BCUT2D eigenvalue weighted by molar-refractivity contribution is 8.01. The third-order valence-corrected chi connectivity index (χ3v) is 7.01. The van der Waals surface area contributed by atoms with E-state index in [9.17, 15) is 10.1 Å². The van der Waals surface area contributed by atoms with Gasteiger partial charge >= 0.3 is 0 Å². The minimum atomic E-state index is -0.449. The van der Waals surface area contributed by atoms with Gasteiger partial charge in [0.25, 0.3) is 5.69 Å². The topological polar surface area (TPSA) is 120 Å². The zero-order valence-corrected chi connectivity index (χ0v) is 18.2. The number of hydrogen-bond acceptors (Lipinski definition) is 11. The number of thioether (sulfide) groups is 1. The van der Waals surface area contributed by atoms with Gasteiger partial charge in [0.1, 0.15) is 0 Å². The smallest absolute Gasteiger partial charge is 0.269 e. The van der Waals surface area contributed by atoms with Crippen molar-refractivity contribution in [1.82, 2.24) is 20.4 Å². The number of thiophene rings is 1. The summed E-state index contributed by atoms with van der Waals surface area (Å²) in [7, 11) is 0. The number of hydrogen-bond donors (Lipinski definition) is 1. The predicted molar refractivity (Wildman–Crippen MR) is 117 cm³/mol. The van der Waals surface area contributed by atoms with Crippen molar-refractivity contribution in [1.29, 1.82) is 0 Å². The van der Waals surface area contributed by atoms with Gasteiger partial charge < -0.3 is 9.73 Å². The first kappa shape index (κ1) is 20.4. The van der Waals surface area contributed by atoms with Crippen LogP contribution < -0.4 is 5.32 Å². The fourth-order valence-corrected chi connectivity index (χ4v) is 5.18. The molecule has 0 fully saturated rings. The minimum Gasteiger partial charge on any atom is -0.419 e. The molecule has 154 valence electrons. The summed E-state index contributed by atoms with van der Waals surface area (Å²) in [6.45, 7) is 2.75. The summed E-state index contributed by atoms with van der Waals surface area (Å²) in [5, 5.41) is 33.3.